The third kappa shape index (κ3) is 3.56. The fourth-order valence-corrected chi connectivity index (χ4v) is 3.60. The summed E-state index contributed by atoms with van der Waals surface area (Å²) < 4.78 is 0. The van der Waals surface area contributed by atoms with E-state index >= 15 is 0 Å². The molecule has 0 radical (unpaired) electrons. The molecule has 114 valence electrons. The third-order valence-corrected chi connectivity index (χ3v) is 4.84. The smallest absolute Gasteiger partial charge is 0.220 e. The minimum Gasteiger partial charge on any atom is -0.369 e. The number of rotatable bonds is 4. The highest BCUT2D eigenvalue weighted by Crippen LogP contribution is 2.27. The van der Waals surface area contributed by atoms with Crippen molar-refractivity contribution >= 4 is 11.6 Å². The van der Waals surface area contributed by atoms with Crippen LogP contribution in [0, 0.1) is 5.92 Å². The van der Waals surface area contributed by atoms with Crippen molar-refractivity contribution in [2.75, 3.05) is 18.0 Å². The van der Waals surface area contributed by atoms with Crippen molar-refractivity contribution in [2.24, 2.45) is 11.7 Å². The fourth-order valence-electron chi connectivity index (χ4n) is 3.60. The zero-order valence-corrected chi connectivity index (χ0v) is 12.5. The zero-order chi connectivity index (χ0) is 14.7. The van der Waals surface area contributed by atoms with Gasteiger partial charge in [0.25, 0.3) is 0 Å². The van der Waals surface area contributed by atoms with E-state index in [2.05, 4.69) is 34.5 Å². The highest BCUT2D eigenvalue weighted by molar-refractivity contribution is 5.76. The highest BCUT2D eigenvalue weighted by atomic mass is 16.1. The lowest BCUT2D eigenvalue weighted by Gasteiger charge is -2.20. The first kappa shape index (κ1) is 14.4. The minimum atomic E-state index is 0.178. The predicted molar refractivity (Wildman–Crippen MR) is 85.1 cm³/mol. The molecule has 1 aromatic carbocycles. The molecule has 1 saturated carbocycles. The molecule has 0 spiro atoms. The first-order chi connectivity index (χ1) is 10.2. The van der Waals surface area contributed by atoms with Crippen molar-refractivity contribution < 1.29 is 4.79 Å². The van der Waals surface area contributed by atoms with Gasteiger partial charge in [-0.3, -0.25) is 4.79 Å². The molecule has 2 aliphatic rings. The number of carbonyl (C=O) groups excluding carboxylic acids is 1. The summed E-state index contributed by atoms with van der Waals surface area (Å²) in [6, 6.07) is 10.9. The van der Waals surface area contributed by atoms with E-state index in [1.165, 1.54) is 12.1 Å². The number of nitrogens with zero attached hydrogens (tertiary/aromatic N) is 1. The molecule has 1 amide bonds. The number of anilines is 1. The molecule has 4 nitrogen and oxygen atoms in total. The molecule has 1 heterocycles. The average molecular weight is 287 g/mol. The lowest BCUT2D eigenvalue weighted by molar-refractivity contribution is -0.122. The quantitative estimate of drug-likeness (QED) is 0.889. The molecule has 1 unspecified atom stereocenters. The van der Waals surface area contributed by atoms with Gasteiger partial charge in [0.1, 0.15) is 0 Å². The Hall–Kier alpha value is -1.55. The first-order valence-electron chi connectivity index (χ1n) is 8.07. The van der Waals surface area contributed by atoms with E-state index < -0.39 is 0 Å². The van der Waals surface area contributed by atoms with Gasteiger partial charge in [-0.05, 0) is 37.3 Å². The third-order valence-electron chi connectivity index (χ3n) is 4.84. The van der Waals surface area contributed by atoms with Gasteiger partial charge in [-0.25, -0.2) is 0 Å². The molecule has 3 N–H and O–H groups in total. The summed E-state index contributed by atoms with van der Waals surface area (Å²) in [5, 5.41) is 3.19. The van der Waals surface area contributed by atoms with E-state index in [1.807, 2.05) is 6.07 Å². The van der Waals surface area contributed by atoms with Gasteiger partial charge in [0.05, 0.1) is 0 Å². The number of para-hydroxylation sites is 1. The van der Waals surface area contributed by atoms with Crippen LogP contribution < -0.4 is 16.0 Å². The van der Waals surface area contributed by atoms with Crippen LogP contribution in [0.3, 0.4) is 0 Å². The Balaban J connectivity index is 1.47. The highest BCUT2D eigenvalue weighted by Gasteiger charge is 2.28. The zero-order valence-electron chi connectivity index (χ0n) is 12.5. The molecule has 1 aliphatic heterocycles. The van der Waals surface area contributed by atoms with E-state index in [-0.39, 0.29) is 18.0 Å². The fraction of sp³-hybridized carbons (Fsp3) is 0.588. The van der Waals surface area contributed by atoms with Crippen LogP contribution in [0.15, 0.2) is 30.3 Å². The van der Waals surface area contributed by atoms with Crippen molar-refractivity contribution in [1.29, 1.82) is 0 Å². The summed E-state index contributed by atoms with van der Waals surface area (Å²) >= 11 is 0. The Labute approximate surface area is 126 Å². The van der Waals surface area contributed by atoms with Crippen molar-refractivity contribution in [2.45, 2.75) is 44.2 Å². The van der Waals surface area contributed by atoms with Crippen LogP contribution in [-0.4, -0.2) is 31.1 Å². The summed E-state index contributed by atoms with van der Waals surface area (Å²) in [6.45, 7) is 1.92. The molecular weight excluding hydrogens is 262 g/mol. The second kappa shape index (κ2) is 6.48. The number of hydrogen-bond donors (Lipinski definition) is 2. The largest absolute Gasteiger partial charge is 0.369 e. The van der Waals surface area contributed by atoms with Gasteiger partial charge < -0.3 is 16.0 Å². The Morgan fingerprint density at radius 3 is 2.76 bits per heavy atom. The number of carbonyl (C=O) groups is 1. The standard InChI is InChI=1S/C17H25N3O/c18-16-8-4-5-13(16)11-17(21)19-14-9-10-20(12-14)15-6-2-1-3-7-15/h1-3,6-7,13-14,16H,4-5,8-12,18H2,(H,19,21)/t13-,14?,16+/m0/s1. The monoisotopic (exact) mass is 287 g/mol. The lowest BCUT2D eigenvalue weighted by atomic mass is 9.99. The normalized spacial score (nSPS) is 28.8. The summed E-state index contributed by atoms with van der Waals surface area (Å²) in [7, 11) is 0. The van der Waals surface area contributed by atoms with Crippen LogP contribution in [0.4, 0.5) is 5.69 Å². The van der Waals surface area contributed by atoms with E-state index in [1.54, 1.807) is 0 Å². The second-order valence-corrected chi connectivity index (χ2v) is 6.39. The van der Waals surface area contributed by atoms with Crippen molar-refractivity contribution in [3.63, 3.8) is 0 Å². The van der Waals surface area contributed by atoms with Gasteiger partial charge in [0.2, 0.25) is 5.91 Å². The van der Waals surface area contributed by atoms with Crippen molar-refractivity contribution in [1.82, 2.24) is 5.32 Å². The predicted octanol–water partition coefficient (Wildman–Crippen LogP) is 1.90. The van der Waals surface area contributed by atoms with Gasteiger partial charge in [0.15, 0.2) is 0 Å². The second-order valence-electron chi connectivity index (χ2n) is 6.39. The number of amides is 1. The van der Waals surface area contributed by atoms with E-state index in [9.17, 15) is 4.79 Å². The summed E-state index contributed by atoms with van der Waals surface area (Å²) in [4.78, 5) is 14.5. The van der Waals surface area contributed by atoms with Crippen LogP contribution in [0.5, 0.6) is 0 Å². The molecule has 2 fully saturated rings. The molecule has 3 rings (SSSR count). The maximum atomic E-state index is 12.2. The minimum absolute atomic E-state index is 0.178. The van der Waals surface area contributed by atoms with Crippen LogP contribution >= 0.6 is 0 Å². The van der Waals surface area contributed by atoms with E-state index in [0.717, 1.165) is 32.4 Å². The maximum Gasteiger partial charge on any atom is 0.220 e. The molecule has 0 bridgehead atoms. The van der Waals surface area contributed by atoms with Crippen LogP contribution in [0.25, 0.3) is 0 Å². The average Bonchev–Trinajstić information content (AvgIpc) is 3.10. The Morgan fingerprint density at radius 2 is 2.05 bits per heavy atom. The molecule has 1 aromatic rings. The molecule has 21 heavy (non-hydrogen) atoms. The Bertz CT molecular complexity index is 476. The molecular formula is C17H25N3O. The summed E-state index contributed by atoms with van der Waals surface area (Å²) in [5.41, 5.74) is 7.29. The number of benzene rings is 1. The Morgan fingerprint density at radius 1 is 1.24 bits per heavy atom. The van der Waals surface area contributed by atoms with Crippen molar-refractivity contribution in [3.05, 3.63) is 30.3 Å². The summed E-state index contributed by atoms with van der Waals surface area (Å²) in [6.07, 6.45) is 4.98. The summed E-state index contributed by atoms with van der Waals surface area (Å²) in [5.74, 6) is 0.564. The van der Waals surface area contributed by atoms with Crippen molar-refractivity contribution in [3.8, 4) is 0 Å². The first-order valence-corrected chi connectivity index (χ1v) is 8.07. The molecule has 1 aliphatic carbocycles. The van der Waals surface area contributed by atoms with Gasteiger partial charge >= 0.3 is 0 Å². The lowest BCUT2D eigenvalue weighted by Crippen LogP contribution is -2.39. The maximum absolute atomic E-state index is 12.2. The van der Waals surface area contributed by atoms with E-state index in [0.29, 0.717) is 12.3 Å². The topological polar surface area (TPSA) is 58.4 Å². The van der Waals surface area contributed by atoms with Gasteiger partial charge in [0, 0.05) is 37.3 Å². The molecule has 0 aromatic heterocycles. The SMILES string of the molecule is N[C@@H]1CCC[C@H]1CC(=O)NC1CCN(c2ccccc2)C1. The van der Waals surface area contributed by atoms with Crippen LogP contribution in [0.2, 0.25) is 0 Å². The van der Waals surface area contributed by atoms with Gasteiger partial charge in [-0.15, -0.1) is 0 Å². The van der Waals surface area contributed by atoms with Gasteiger partial charge in [-0.2, -0.15) is 0 Å². The molecule has 3 atom stereocenters. The Kier molecular flexibility index (Phi) is 4.44. The number of nitrogens with two attached hydrogens (primary N) is 1. The number of nitrogens with one attached hydrogen (secondary N) is 1. The van der Waals surface area contributed by atoms with Crippen LogP contribution in [-0.2, 0) is 4.79 Å². The number of hydrogen-bond acceptors (Lipinski definition) is 3. The van der Waals surface area contributed by atoms with E-state index in [4.69, 9.17) is 5.73 Å². The van der Waals surface area contributed by atoms with Crippen LogP contribution in [0.1, 0.15) is 32.1 Å². The van der Waals surface area contributed by atoms with Gasteiger partial charge in [-0.1, -0.05) is 24.6 Å². The molecule has 4 heteroatoms. The molecule has 1 saturated heterocycles.